The Bertz CT molecular complexity index is 946. The van der Waals surface area contributed by atoms with Crippen LogP contribution in [0, 0.1) is 0 Å². The number of ether oxygens (including phenoxy) is 2. The molecule has 8 heteroatoms. The Hall–Kier alpha value is -3.03. The van der Waals surface area contributed by atoms with Crippen molar-refractivity contribution >= 4 is 28.9 Å². The molecule has 0 saturated carbocycles. The van der Waals surface area contributed by atoms with Gasteiger partial charge in [0.1, 0.15) is 17.7 Å². The maximum atomic E-state index is 13.3. The highest BCUT2D eigenvalue weighted by atomic mass is 16.6. The molecular formula is C23H31N3O5. The Balaban J connectivity index is 1.83. The van der Waals surface area contributed by atoms with Crippen molar-refractivity contribution in [1.29, 1.82) is 0 Å². The van der Waals surface area contributed by atoms with Crippen molar-refractivity contribution < 1.29 is 23.9 Å². The first-order valence-electron chi connectivity index (χ1n) is 10.6. The maximum absolute atomic E-state index is 13.3. The lowest BCUT2D eigenvalue weighted by atomic mass is 10.0. The van der Waals surface area contributed by atoms with Gasteiger partial charge in [-0.3, -0.25) is 4.79 Å². The first-order valence-corrected chi connectivity index (χ1v) is 10.6. The number of aromatic amines is 1. The molecule has 2 N–H and O–H groups in total. The summed E-state index contributed by atoms with van der Waals surface area (Å²) in [5, 5.41) is 3.69. The van der Waals surface area contributed by atoms with Crippen LogP contribution in [0.25, 0.3) is 10.9 Å². The van der Waals surface area contributed by atoms with Crippen molar-refractivity contribution in [2.75, 3.05) is 13.7 Å². The molecule has 1 aliphatic heterocycles. The number of alkyl carbamates (subject to hydrolysis) is 1. The quantitative estimate of drug-likeness (QED) is 0.711. The average molecular weight is 430 g/mol. The fraction of sp³-hybridized carbons (Fsp3) is 0.522. The van der Waals surface area contributed by atoms with Crippen molar-refractivity contribution in [1.82, 2.24) is 15.2 Å². The first-order chi connectivity index (χ1) is 14.7. The average Bonchev–Trinajstić information content (AvgIpc) is 3.03. The van der Waals surface area contributed by atoms with Crippen molar-refractivity contribution in [3.8, 4) is 0 Å². The van der Waals surface area contributed by atoms with Gasteiger partial charge in [0.15, 0.2) is 0 Å². The van der Waals surface area contributed by atoms with Gasteiger partial charge in [-0.2, -0.15) is 0 Å². The largest absolute Gasteiger partial charge is 0.467 e. The van der Waals surface area contributed by atoms with Crippen molar-refractivity contribution in [2.45, 2.75) is 64.1 Å². The summed E-state index contributed by atoms with van der Waals surface area (Å²) in [4.78, 5) is 43.1. The topological polar surface area (TPSA) is 101 Å². The number of hydrogen-bond donors (Lipinski definition) is 2. The second-order valence-electron chi connectivity index (χ2n) is 8.83. The first kappa shape index (κ1) is 22.7. The Morgan fingerprint density at radius 3 is 2.71 bits per heavy atom. The van der Waals surface area contributed by atoms with Crippen LogP contribution in [-0.4, -0.2) is 59.2 Å². The molecule has 0 aliphatic carbocycles. The van der Waals surface area contributed by atoms with Crippen LogP contribution in [0.4, 0.5) is 4.79 Å². The van der Waals surface area contributed by atoms with Gasteiger partial charge in [0.25, 0.3) is 0 Å². The molecule has 2 aromatic rings. The number of H-pyrrole nitrogens is 1. The summed E-state index contributed by atoms with van der Waals surface area (Å²) >= 11 is 0. The van der Waals surface area contributed by atoms with E-state index in [0.29, 0.717) is 19.4 Å². The standard InChI is InChI=1S/C23H31N3O5/c1-23(2,3)31-22(29)25-18-11-7-8-12-26(20(18)27)19(21(28)30-4)13-15-14-24-17-10-6-5-9-16(15)17/h5-6,9-10,14,18-19,24H,7-8,11-13H2,1-4H3,(H,25,29)/t18-,19?/m0/s1. The summed E-state index contributed by atoms with van der Waals surface area (Å²) in [6, 6.07) is 6.29. The number of amides is 2. The normalized spacial score (nSPS) is 18.4. The van der Waals surface area contributed by atoms with E-state index >= 15 is 0 Å². The molecule has 2 amide bonds. The highest BCUT2D eigenvalue weighted by molar-refractivity contribution is 5.91. The van der Waals surface area contributed by atoms with Crippen LogP contribution in [-0.2, 0) is 25.5 Å². The van der Waals surface area contributed by atoms with Crippen LogP contribution in [0.1, 0.15) is 45.6 Å². The predicted octanol–water partition coefficient (Wildman–Crippen LogP) is 3.16. The molecule has 0 spiro atoms. The molecule has 1 aromatic carbocycles. The fourth-order valence-electron chi connectivity index (χ4n) is 3.92. The van der Waals surface area contributed by atoms with Crippen LogP contribution in [0.2, 0.25) is 0 Å². The minimum atomic E-state index is -0.780. The Morgan fingerprint density at radius 1 is 1.26 bits per heavy atom. The summed E-state index contributed by atoms with van der Waals surface area (Å²) in [7, 11) is 1.32. The number of aromatic nitrogens is 1. The number of methoxy groups -OCH3 is 1. The monoisotopic (exact) mass is 429 g/mol. The minimum absolute atomic E-state index is 0.293. The van der Waals surface area contributed by atoms with Gasteiger partial charge in [0.05, 0.1) is 7.11 Å². The van der Waals surface area contributed by atoms with E-state index in [1.807, 2.05) is 30.5 Å². The van der Waals surface area contributed by atoms with Gasteiger partial charge >= 0.3 is 12.1 Å². The SMILES string of the molecule is COC(=O)C(Cc1c[nH]c2ccccc12)N1CCCC[C@H](NC(=O)OC(C)(C)C)C1=O. The molecule has 1 fully saturated rings. The number of likely N-dealkylation sites (tertiary alicyclic amines) is 1. The Labute approximate surface area is 182 Å². The maximum Gasteiger partial charge on any atom is 0.408 e. The molecule has 2 atom stereocenters. The van der Waals surface area contributed by atoms with E-state index in [-0.39, 0.29) is 5.91 Å². The Morgan fingerprint density at radius 2 is 2.00 bits per heavy atom. The lowest BCUT2D eigenvalue weighted by molar-refractivity contribution is -0.153. The third kappa shape index (κ3) is 5.57. The molecule has 168 valence electrons. The van der Waals surface area contributed by atoms with Crippen molar-refractivity contribution in [3.63, 3.8) is 0 Å². The lowest BCUT2D eigenvalue weighted by Crippen LogP contribution is -2.54. The van der Waals surface area contributed by atoms with Crippen LogP contribution < -0.4 is 5.32 Å². The number of rotatable bonds is 5. The van der Waals surface area contributed by atoms with E-state index in [0.717, 1.165) is 29.3 Å². The molecule has 0 radical (unpaired) electrons. The van der Waals surface area contributed by atoms with Crippen LogP contribution in [0.5, 0.6) is 0 Å². The Kier molecular flexibility index (Phi) is 6.87. The lowest BCUT2D eigenvalue weighted by Gasteiger charge is -2.31. The second-order valence-corrected chi connectivity index (χ2v) is 8.83. The molecule has 2 heterocycles. The fourth-order valence-corrected chi connectivity index (χ4v) is 3.92. The zero-order valence-electron chi connectivity index (χ0n) is 18.6. The zero-order chi connectivity index (χ0) is 22.6. The molecule has 1 saturated heterocycles. The van der Waals surface area contributed by atoms with Gasteiger partial charge in [-0.25, -0.2) is 9.59 Å². The van der Waals surface area contributed by atoms with Crippen LogP contribution in [0.3, 0.4) is 0 Å². The summed E-state index contributed by atoms with van der Waals surface area (Å²) in [5.41, 5.74) is 1.23. The van der Waals surface area contributed by atoms with Crippen molar-refractivity contribution in [2.24, 2.45) is 0 Å². The second kappa shape index (κ2) is 9.41. The van der Waals surface area contributed by atoms with Gasteiger partial charge < -0.3 is 24.7 Å². The van der Waals surface area contributed by atoms with E-state index in [2.05, 4.69) is 10.3 Å². The van der Waals surface area contributed by atoms with Gasteiger partial charge in [-0.15, -0.1) is 0 Å². The number of nitrogens with zero attached hydrogens (tertiary/aromatic N) is 1. The number of carbonyl (C=O) groups excluding carboxylic acids is 3. The van der Waals surface area contributed by atoms with Gasteiger partial charge in [-0.05, 0) is 51.7 Å². The van der Waals surface area contributed by atoms with E-state index in [9.17, 15) is 14.4 Å². The van der Waals surface area contributed by atoms with E-state index in [4.69, 9.17) is 9.47 Å². The van der Waals surface area contributed by atoms with Gasteiger partial charge in [0, 0.05) is 30.1 Å². The van der Waals surface area contributed by atoms with Crippen LogP contribution in [0.15, 0.2) is 30.5 Å². The molecule has 1 aromatic heterocycles. The number of fused-ring (bicyclic) bond motifs is 1. The third-order valence-corrected chi connectivity index (χ3v) is 5.35. The molecule has 1 aliphatic rings. The molecular weight excluding hydrogens is 398 g/mol. The third-order valence-electron chi connectivity index (χ3n) is 5.35. The highest BCUT2D eigenvalue weighted by Gasteiger charge is 2.37. The number of esters is 1. The van der Waals surface area contributed by atoms with E-state index < -0.39 is 29.7 Å². The van der Waals surface area contributed by atoms with E-state index in [1.54, 1.807) is 25.7 Å². The highest BCUT2D eigenvalue weighted by Crippen LogP contribution is 2.23. The number of hydrogen-bond acceptors (Lipinski definition) is 5. The molecule has 3 rings (SSSR count). The van der Waals surface area contributed by atoms with E-state index in [1.165, 1.54) is 7.11 Å². The van der Waals surface area contributed by atoms with Gasteiger partial charge in [-0.1, -0.05) is 18.2 Å². The zero-order valence-corrected chi connectivity index (χ0v) is 18.6. The molecule has 1 unspecified atom stereocenters. The molecule has 0 bridgehead atoms. The summed E-state index contributed by atoms with van der Waals surface area (Å²) in [5.74, 6) is -0.768. The predicted molar refractivity (Wildman–Crippen MR) is 117 cm³/mol. The summed E-state index contributed by atoms with van der Waals surface area (Å²) in [6.45, 7) is 5.72. The number of para-hydroxylation sites is 1. The smallest absolute Gasteiger partial charge is 0.408 e. The number of nitrogens with one attached hydrogen (secondary N) is 2. The van der Waals surface area contributed by atoms with Gasteiger partial charge in [0.2, 0.25) is 5.91 Å². The summed E-state index contributed by atoms with van der Waals surface area (Å²) < 4.78 is 10.4. The van der Waals surface area contributed by atoms with Crippen molar-refractivity contribution in [3.05, 3.63) is 36.0 Å². The molecule has 8 nitrogen and oxygen atoms in total. The summed E-state index contributed by atoms with van der Waals surface area (Å²) in [6.07, 6.45) is 3.53. The number of benzene rings is 1. The minimum Gasteiger partial charge on any atom is -0.467 e. The van der Waals surface area contributed by atoms with Crippen LogP contribution >= 0.6 is 0 Å². The number of carbonyl (C=O) groups is 3. The molecule has 31 heavy (non-hydrogen) atoms.